The van der Waals surface area contributed by atoms with Crippen molar-refractivity contribution in [1.82, 2.24) is 0 Å². The molecule has 0 unspecified atom stereocenters. The monoisotopic (exact) mass is 196 g/mol. The van der Waals surface area contributed by atoms with E-state index in [9.17, 15) is 0 Å². The Hall–Kier alpha value is -1.42. The minimum absolute atomic E-state index is 0.364. The van der Waals surface area contributed by atoms with Crippen molar-refractivity contribution in [3.05, 3.63) is 17.7 Å². The predicted molar refractivity (Wildman–Crippen MR) is 57.0 cm³/mol. The molecule has 3 N–H and O–H groups in total. The highest BCUT2D eigenvalue weighted by molar-refractivity contribution is 5.62. The first-order valence-corrected chi connectivity index (χ1v) is 4.39. The van der Waals surface area contributed by atoms with Crippen LogP contribution in [0.25, 0.3) is 0 Å². The number of benzene rings is 1. The van der Waals surface area contributed by atoms with Crippen molar-refractivity contribution in [2.24, 2.45) is 5.73 Å². The fraction of sp³-hybridized carbons (Fsp3) is 0.400. The number of methoxy groups -OCH3 is 2. The molecule has 0 amide bonds. The van der Waals surface area contributed by atoms with Gasteiger partial charge in [0.2, 0.25) is 0 Å². The summed E-state index contributed by atoms with van der Waals surface area (Å²) in [6.45, 7) is 2.33. The minimum atomic E-state index is 0.364. The van der Waals surface area contributed by atoms with Crippen LogP contribution in [0.1, 0.15) is 5.56 Å². The highest BCUT2D eigenvalue weighted by Crippen LogP contribution is 2.31. The van der Waals surface area contributed by atoms with Crippen molar-refractivity contribution in [2.75, 3.05) is 26.2 Å². The Morgan fingerprint density at radius 3 is 2.36 bits per heavy atom. The molecule has 0 heterocycles. The molecule has 0 aliphatic heterocycles. The maximum Gasteiger partial charge on any atom is 0.142 e. The second-order valence-corrected chi connectivity index (χ2v) is 2.90. The van der Waals surface area contributed by atoms with E-state index in [0.717, 1.165) is 22.7 Å². The summed E-state index contributed by atoms with van der Waals surface area (Å²) in [5.41, 5.74) is 7.29. The number of nitrogens with two attached hydrogens (primary N) is 1. The maximum absolute atomic E-state index is 5.41. The molecule has 1 aromatic carbocycles. The van der Waals surface area contributed by atoms with Gasteiger partial charge >= 0.3 is 0 Å². The Morgan fingerprint density at radius 1 is 1.21 bits per heavy atom. The van der Waals surface area contributed by atoms with Gasteiger partial charge in [0.05, 0.1) is 26.6 Å². The first-order chi connectivity index (χ1) is 6.72. The normalized spacial score (nSPS) is 9.71. The lowest BCUT2D eigenvalue weighted by atomic mass is 10.2. The number of anilines is 1. The van der Waals surface area contributed by atoms with E-state index in [-0.39, 0.29) is 0 Å². The topological polar surface area (TPSA) is 56.5 Å². The van der Waals surface area contributed by atoms with E-state index >= 15 is 0 Å². The Labute approximate surface area is 84.0 Å². The molecule has 1 rings (SSSR count). The van der Waals surface area contributed by atoms with Crippen molar-refractivity contribution in [1.29, 1.82) is 0 Å². The van der Waals surface area contributed by atoms with Crippen LogP contribution in [0.5, 0.6) is 11.5 Å². The fourth-order valence-electron chi connectivity index (χ4n) is 1.30. The molecule has 0 saturated heterocycles. The molecule has 4 heteroatoms. The van der Waals surface area contributed by atoms with Crippen molar-refractivity contribution in [3.8, 4) is 11.5 Å². The van der Waals surface area contributed by atoms with Crippen LogP contribution in [0, 0.1) is 6.92 Å². The molecule has 78 valence electrons. The van der Waals surface area contributed by atoms with Crippen molar-refractivity contribution < 1.29 is 9.47 Å². The van der Waals surface area contributed by atoms with Gasteiger partial charge in [-0.25, -0.2) is 0 Å². The first kappa shape index (κ1) is 10.7. The van der Waals surface area contributed by atoms with Gasteiger partial charge in [-0.2, -0.15) is 0 Å². The molecule has 0 aliphatic carbocycles. The Morgan fingerprint density at radius 2 is 1.86 bits per heavy atom. The van der Waals surface area contributed by atoms with Crippen LogP contribution < -0.4 is 20.5 Å². The molecular formula is C10H16N2O2. The molecule has 0 aromatic heterocycles. The predicted octanol–water partition coefficient (Wildman–Crippen LogP) is 1.34. The van der Waals surface area contributed by atoms with Gasteiger partial charge in [0.1, 0.15) is 11.5 Å². The van der Waals surface area contributed by atoms with Gasteiger partial charge in [-0.1, -0.05) is 0 Å². The lowest BCUT2D eigenvalue weighted by Crippen LogP contribution is -2.11. The SMILES string of the molecule is COc1cc(NCN)c(OC)cc1C. The van der Waals surface area contributed by atoms with Crippen molar-refractivity contribution in [2.45, 2.75) is 6.92 Å². The van der Waals surface area contributed by atoms with Crippen LogP contribution in [-0.2, 0) is 0 Å². The smallest absolute Gasteiger partial charge is 0.142 e. The molecule has 0 fully saturated rings. The van der Waals surface area contributed by atoms with Gasteiger partial charge in [0.15, 0.2) is 0 Å². The van der Waals surface area contributed by atoms with Crippen LogP contribution in [-0.4, -0.2) is 20.9 Å². The Bertz CT molecular complexity index is 313. The summed E-state index contributed by atoms with van der Waals surface area (Å²) in [5.74, 6) is 1.59. The minimum Gasteiger partial charge on any atom is -0.496 e. The number of hydrogen-bond acceptors (Lipinski definition) is 4. The summed E-state index contributed by atoms with van der Waals surface area (Å²) >= 11 is 0. The summed E-state index contributed by atoms with van der Waals surface area (Å²) < 4.78 is 10.4. The highest BCUT2D eigenvalue weighted by Gasteiger charge is 2.07. The van der Waals surface area contributed by atoms with E-state index in [2.05, 4.69) is 5.32 Å². The van der Waals surface area contributed by atoms with Gasteiger partial charge in [-0.15, -0.1) is 0 Å². The molecule has 14 heavy (non-hydrogen) atoms. The summed E-state index contributed by atoms with van der Waals surface area (Å²) in [6, 6.07) is 3.79. The number of aryl methyl sites for hydroxylation is 1. The van der Waals surface area contributed by atoms with Crippen LogP contribution in [0.3, 0.4) is 0 Å². The van der Waals surface area contributed by atoms with Crippen molar-refractivity contribution in [3.63, 3.8) is 0 Å². The molecule has 0 atom stereocenters. The maximum atomic E-state index is 5.41. The zero-order valence-corrected chi connectivity index (χ0v) is 8.76. The summed E-state index contributed by atoms with van der Waals surface area (Å²) in [4.78, 5) is 0. The molecule has 0 bridgehead atoms. The summed E-state index contributed by atoms with van der Waals surface area (Å²) in [5, 5.41) is 3.00. The Balaban J connectivity index is 3.11. The number of nitrogens with one attached hydrogen (secondary N) is 1. The fourth-order valence-corrected chi connectivity index (χ4v) is 1.30. The molecule has 0 radical (unpaired) electrons. The van der Waals surface area contributed by atoms with Gasteiger partial charge in [-0.3, -0.25) is 0 Å². The third-order valence-electron chi connectivity index (χ3n) is 2.01. The largest absolute Gasteiger partial charge is 0.496 e. The summed E-state index contributed by atoms with van der Waals surface area (Å²) in [7, 11) is 3.27. The van der Waals surface area contributed by atoms with E-state index in [0.29, 0.717) is 6.67 Å². The number of ether oxygens (including phenoxy) is 2. The molecule has 0 spiro atoms. The molecule has 1 aromatic rings. The standard InChI is InChI=1S/C10H16N2O2/c1-7-4-10(14-3)8(12-6-11)5-9(7)13-2/h4-5,12H,6,11H2,1-3H3. The zero-order chi connectivity index (χ0) is 10.6. The van der Waals surface area contributed by atoms with E-state index in [4.69, 9.17) is 15.2 Å². The average molecular weight is 196 g/mol. The molecular weight excluding hydrogens is 180 g/mol. The quantitative estimate of drug-likeness (QED) is 0.713. The second kappa shape index (κ2) is 4.72. The van der Waals surface area contributed by atoms with Crippen LogP contribution in [0.15, 0.2) is 12.1 Å². The average Bonchev–Trinajstić information content (AvgIpc) is 2.20. The first-order valence-electron chi connectivity index (χ1n) is 4.39. The third-order valence-corrected chi connectivity index (χ3v) is 2.01. The third kappa shape index (κ3) is 2.09. The van der Waals surface area contributed by atoms with Crippen LogP contribution in [0.4, 0.5) is 5.69 Å². The highest BCUT2D eigenvalue weighted by atomic mass is 16.5. The number of rotatable bonds is 4. The number of hydrogen-bond donors (Lipinski definition) is 2. The molecule has 0 aliphatic rings. The second-order valence-electron chi connectivity index (χ2n) is 2.90. The van der Waals surface area contributed by atoms with Crippen LogP contribution >= 0.6 is 0 Å². The van der Waals surface area contributed by atoms with Gasteiger partial charge < -0.3 is 20.5 Å². The van der Waals surface area contributed by atoms with E-state index in [1.807, 2.05) is 19.1 Å². The van der Waals surface area contributed by atoms with Crippen LogP contribution in [0.2, 0.25) is 0 Å². The van der Waals surface area contributed by atoms with E-state index in [1.165, 1.54) is 0 Å². The van der Waals surface area contributed by atoms with E-state index < -0.39 is 0 Å². The molecule has 0 saturated carbocycles. The lowest BCUT2D eigenvalue weighted by molar-refractivity contribution is 0.402. The summed E-state index contributed by atoms with van der Waals surface area (Å²) in [6.07, 6.45) is 0. The Kier molecular flexibility index (Phi) is 3.59. The van der Waals surface area contributed by atoms with Gasteiger partial charge in [0.25, 0.3) is 0 Å². The van der Waals surface area contributed by atoms with Gasteiger partial charge in [0, 0.05) is 6.07 Å². The van der Waals surface area contributed by atoms with Gasteiger partial charge in [-0.05, 0) is 18.6 Å². The van der Waals surface area contributed by atoms with E-state index in [1.54, 1.807) is 14.2 Å². The lowest BCUT2D eigenvalue weighted by Gasteiger charge is -2.13. The van der Waals surface area contributed by atoms with Crippen molar-refractivity contribution >= 4 is 5.69 Å². The molecule has 4 nitrogen and oxygen atoms in total. The zero-order valence-electron chi connectivity index (χ0n) is 8.76.